The first-order valence-electron chi connectivity index (χ1n) is 22.6. The average Bonchev–Trinajstić information content (AvgIpc) is 3.18. The monoisotopic (exact) mass is 793 g/mol. The quantitative estimate of drug-likeness (QED) is 0.0601. The first-order chi connectivity index (χ1) is 26.5. The molecule has 10 heteroatoms. The van der Waals surface area contributed by atoms with Crippen LogP contribution in [0, 0.1) is 0 Å². The molecule has 0 aliphatic rings. The van der Waals surface area contributed by atoms with Crippen molar-refractivity contribution in [2.75, 3.05) is 66.1 Å². The Labute approximate surface area is 340 Å². The molecule has 0 aromatic carbocycles. The molecule has 0 spiro atoms. The van der Waals surface area contributed by atoms with Crippen LogP contribution >= 0.6 is 0 Å². The van der Waals surface area contributed by atoms with Crippen molar-refractivity contribution >= 4 is 0 Å². The molecule has 0 saturated heterocycles. The number of aliphatic hydroxyl groups is 1. The van der Waals surface area contributed by atoms with Crippen LogP contribution in [0.25, 0.3) is 0 Å². The number of hydrogen-bond donors (Lipinski definition) is 1. The van der Waals surface area contributed by atoms with Gasteiger partial charge in [0.05, 0.1) is 114 Å². The van der Waals surface area contributed by atoms with E-state index in [-0.39, 0.29) is 61.5 Å². The molecule has 0 aliphatic heterocycles. The Hall–Kier alpha value is -0.400. The van der Waals surface area contributed by atoms with Crippen molar-refractivity contribution in [2.24, 2.45) is 0 Å². The lowest BCUT2D eigenvalue weighted by atomic mass is 10.0. The molecule has 0 rings (SSSR count). The first-order valence-corrected chi connectivity index (χ1v) is 22.6. The van der Waals surface area contributed by atoms with E-state index in [1.54, 1.807) is 0 Å². The van der Waals surface area contributed by atoms with E-state index in [1.165, 1.54) is 96.3 Å². The molecule has 0 amide bonds. The highest BCUT2D eigenvalue weighted by Crippen LogP contribution is 2.14. The average molecular weight is 793 g/mol. The van der Waals surface area contributed by atoms with Gasteiger partial charge in [0.25, 0.3) is 0 Å². The van der Waals surface area contributed by atoms with Gasteiger partial charge in [0, 0.05) is 6.61 Å². The van der Waals surface area contributed by atoms with Gasteiger partial charge in [0.2, 0.25) is 0 Å². The van der Waals surface area contributed by atoms with E-state index in [4.69, 9.17) is 47.7 Å². The van der Waals surface area contributed by atoms with Crippen LogP contribution in [0.4, 0.5) is 0 Å². The second kappa shape index (κ2) is 39.1. The normalized spacial score (nSPS) is 17.1. The molecule has 0 bridgehead atoms. The highest BCUT2D eigenvalue weighted by Gasteiger charge is 2.15. The molecule has 0 aromatic rings. The molecule has 0 saturated carbocycles. The van der Waals surface area contributed by atoms with Crippen LogP contribution in [0.5, 0.6) is 0 Å². The van der Waals surface area contributed by atoms with Gasteiger partial charge >= 0.3 is 0 Å². The summed E-state index contributed by atoms with van der Waals surface area (Å²) < 4.78 is 53.0. The lowest BCUT2D eigenvalue weighted by Gasteiger charge is -2.23. The van der Waals surface area contributed by atoms with Gasteiger partial charge in [-0.1, -0.05) is 103 Å². The Balaban J connectivity index is 3.71. The van der Waals surface area contributed by atoms with E-state index < -0.39 is 0 Å². The summed E-state index contributed by atoms with van der Waals surface area (Å²) in [4.78, 5) is 0. The third-order valence-corrected chi connectivity index (χ3v) is 9.58. The van der Waals surface area contributed by atoms with Gasteiger partial charge < -0.3 is 47.7 Å². The van der Waals surface area contributed by atoms with Crippen molar-refractivity contribution in [1.82, 2.24) is 0 Å². The number of ether oxygens (including phenoxy) is 9. The van der Waals surface area contributed by atoms with Crippen LogP contribution in [-0.2, 0) is 42.6 Å². The molecule has 0 aromatic heterocycles. The fraction of sp³-hybridized carbons (Fsp3) is 1.00. The van der Waals surface area contributed by atoms with Gasteiger partial charge in [-0.25, -0.2) is 0 Å². The molecule has 0 heterocycles. The van der Waals surface area contributed by atoms with Gasteiger partial charge in [0.15, 0.2) is 0 Å². The second-order valence-corrected chi connectivity index (χ2v) is 16.3. The third kappa shape index (κ3) is 38.9. The Morgan fingerprint density at radius 2 is 0.473 bits per heavy atom. The maximum absolute atomic E-state index is 9.05. The molecule has 332 valence electrons. The smallest absolute Gasteiger partial charge is 0.0781 e. The maximum Gasteiger partial charge on any atom is 0.0781 e. The molecular formula is C45H92O10. The molecule has 9 unspecified atom stereocenters. The fourth-order valence-electron chi connectivity index (χ4n) is 5.77. The molecule has 1 N–H and O–H groups in total. The van der Waals surface area contributed by atoms with Gasteiger partial charge in [-0.3, -0.25) is 0 Å². The lowest BCUT2D eigenvalue weighted by Crippen LogP contribution is -2.30. The van der Waals surface area contributed by atoms with Gasteiger partial charge in [-0.15, -0.1) is 0 Å². The first kappa shape index (κ1) is 54.6. The van der Waals surface area contributed by atoms with Crippen LogP contribution in [0.3, 0.4) is 0 Å². The Morgan fingerprint density at radius 3 is 0.709 bits per heavy atom. The van der Waals surface area contributed by atoms with Crippen LogP contribution < -0.4 is 0 Å². The zero-order chi connectivity index (χ0) is 40.9. The highest BCUT2D eigenvalue weighted by molar-refractivity contribution is 4.60. The summed E-state index contributed by atoms with van der Waals surface area (Å²) in [5, 5.41) is 9.05. The van der Waals surface area contributed by atoms with Crippen LogP contribution in [-0.4, -0.2) is 126 Å². The molecule has 9 atom stereocenters. The summed E-state index contributed by atoms with van der Waals surface area (Å²) in [5.74, 6) is 0. The third-order valence-electron chi connectivity index (χ3n) is 9.58. The van der Waals surface area contributed by atoms with Crippen molar-refractivity contribution in [3.05, 3.63) is 0 Å². The minimum atomic E-state index is -0.188. The van der Waals surface area contributed by atoms with Gasteiger partial charge in [-0.2, -0.15) is 0 Å². The Bertz CT molecular complexity index is 776. The van der Waals surface area contributed by atoms with Crippen molar-refractivity contribution in [2.45, 2.75) is 227 Å². The summed E-state index contributed by atoms with van der Waals surface area (Å²) in [6.07, 6.45) is 21.6. The van der Waals surface area contributed by atoms with E-state index in [1.807, 2.05) is 55.4 Å². The minimum absolute atomic E-state index is 0.00176. The zero-order valence-corrected chi connectivity index (χ0v) is 37.7. The van der Waals surface area contributed by atoms with Crippen LogP contribution in [0.1, 0.15) is 172 Å². The highest BCUT2D eigenvalue weighted by atomic mass is 16.6. The Kier molecular flexibility index (Phi) is 38.8. The van der Waals surface area contributed by atoms with E-state index in [0.717, 1.165) is 13.0 Å². The molecule has 0 fully saturated rings. The summed E-state index contributed by atoms with van der Waals surface area (Å²) >= 11 is 0. The SMILES string of the molecule is CCCCCCCCCCCCCCCCCCOC(C)COC(C)COC(C)COC(C)COC(C)COC(C)COC(C)COC(C)COC(C)CO. The molecule has 0 radical (unpaired) electrons. The van der Waals surface area contributed by atoms with Gasteiger partial charge in [0.1, 0.15) is 0 Å². The predicted octanol–water partition coefficient (Wildman–Crippen LogP) is 9.89. The van der Waals surface area contributed by atoms with Crippen molar-refractivity contribution in [3.8, 4) is 0 Å². The van der Waals surface area contributed by atoms with Crippen molar-refractivity contribution in [3.63, 3.8) is 0 Å². The molecule has 0 aliphatic carbocycles. The predicted molar refractivity (Wildman–Crippen MR) is 225 cm³/mol. The molecule has 55 heavy (non-hydrogen) atoms. The zero-order valence-electron chi connectivity index (χ0n) is 37.7. The standard InChI is InChI=1S/C45H92O10/c1-11-12-13-14-15-16-17-18-19-20-21-22-23-24-25-26-27-47-38(3)29-49-40(5)31-51-42(7)33-53-44(9)35-55-45(10)36-54-43(8)34-52-41(6)32-50-39(4)30-48-37(2)28-46/h37-46H,11-36H2,1-10H3. The van der Waals surface area contributed by atoms with E-state index in [2.05, 4.69) is 13.8 Å². The number of hydrogen-bond acceptors (Lipinski definition) is 10. The number of unbranched alkanes of at least 4 members (excludes halogenated alkanes) is 15. The molecule has 10 nitrogen and oxygen atoms in total. The lowest BCUT2D eigenvalue weighted by molar-refractivity contribution is -0.111. The molecular weight excluding hydrogens is 700 g/mol. The summed E-state index contributed by atoms with van der Waals surface area (Å²) in [7, 11) is 0. The van der Waals surface area contributed by atoms with E-state index >= 15 is 0 Å². The maximum atomic E-state index is 9.05. The van der Waals surface area contributed by atoms with Crippen molar-refractivity contribution < 1.29 is 47.7 Å². The summed E-state index contributed by atoms with van der Waals surface area (Å²) in [5.41, 5.74) is 0. The van der Waals surface area contributed by atoms with Crippen molar-refractivity contribution in [1.29, 1.82) is 0 Å². The minimum Gasteiger partial charge on any atom is -0.394 e. The van der Waals surface area contributed by atoms with E-state index in [0.29, 0.717) is 52.9 Å². The second-order valence-electron chi connectivity index (χ2n) is 16.3. The van der Waals surface area contributed by atoms with E-state index in [9.17, 15) is 0 Å². The summed E-state index contributed by atoms with van der Waals surface area (Å²) in [6, 6.07) is 0. The van der Waals surface area contributed by atoms with Crippen LogP contribution in [0.15, 0.2) is 0 Å². The largest absolute Gasteiger partial charge is 0.394 e. The number of rotatable bonds is 43. The Morgan fingerprint density at radius 1 is 0.273 bits per heavy atom. The summed E-state index contributed by atoms with van der Waals surface area (Å²) in [6.45, 7) is 24.9. The topological polar surface area (TPSA) is 103 Å². The van der Waals surface area contributed by atoms with Crippen LogP contribution in [0.2, 0.25) is 0 Å². The number of aliphatic hydroxyl groups excluding tert-OH is 1. The fourth-order valence-corrected chi connectivity index (χ4v) is 5.77. The van der Waals surface area contributed by atoms with Gasteiger partial charge in [-0.05, 0) is 68.7 Å².